The van der Waals surface area contributed by atoms with Crippen LogP contribution in [0.4, 0.5) is 5.69 Å². The number of nitrogen functional groups attached to an aromatic ring is 1. The van der Waals surface area contributed by atoms with E-state index in [1.807, 2.05) is 24.3 Å². The van der Waals surface area contributed by atoms with Crippen molar-refractivity contribution >= 4 is 11.7 Å². The van der Waals surface area contributed by atoms with E-state index in [0.717, 1.165) is 5.56 Å². The lowest BCUT2D eigenvalue weighted by Gasteiger charge is -2.38. The molecule has 0 amide bonds. The van der Waals surface area contributed by atoms with E-state index < -0.39 is 11.6 Å². The Kier molecular flexibility index (Phi) is 3.60. The number of aromatic hydroxyl groups is 2. The molecule has 1 spiro atoms. The van der Waals surface area contributed by atoms with Crippen LogP contribution < -0.4 is 10.5 Å². The van der Waals surface area contributed by atoms with Crippen LogP contribution in [0.3, 0.4) is 0 Å². The lowest BCUT2D eigenvalue weighted by molar-refractivity contribution is 0.0226. The Bertz CT molecular complexity index is 1440. The quantitative estimate of drug-likeness (QED) is 0.297. The lowest BCUT2D eigenvalue weighted by Crippen LogP contribution is -2.33. The Morgan fingerprint density at radius 2 is 1.56 bits per heavy atom. The summed E-state index contributed by atoms with van der Waals surface area (Å²) < 4.78 is 12.3. The molecule has 1 unspecified atom stereocenters. The second-order valence-electron chi connectivity index (χ2n) is 7.89. The zero-order valence-electron chi connectivity index (χ0n) is 16.7. The number of carbonyl (C=O) groups excluding carboxylic acids is 1. The average Bonchev–Trinajstić information content (AvgIpc) is 3.06. The summed E-state index contributed by atoms with van der Waals surface area (Å²) in [5.74, 6) is 0.198. The van der Waals surface area contributed by atoms with E-state index in [0.29, 0.717) is 45.0 Å². The molecule has 0 fully saturated rings. The van der Waals surface area contributed by atoms with Gasteiger partial charge in [0.2, 0.25) is 0 Å². The number of ether oxygens (including phenoxy) is 2. The van der Waals surface area contributed by atoms with Gasteiger partial charge < -0.3 is 25.4 Å². The molecule has 2 aliphatic heterocycles. The van der Waals surface area contributed by atoms with Crippen LogP contribution in [0.5, 0.6) is 23.0 Å². The summed E-state index contributed by atoms with van der Waals surface area (Å²) in [5, 5.41) is 20.6. The normalized spacial score (nSPS) is 17.8. The number of hydrogen-bond donors (Lipinski definition) is 3. The van der Waals surface area contributed by atoms with Gasteiger partial charge >= 0.3 is 5.97 Å². The van der Waals surface area contributed by atoms with Crippen molar-refractivity contribution in [1.82, 2.24) is 0 Å². The summed E-state index contributed by atoms with van der Waals surface area (Å²) in [4.78, 5) is 13.0. The number of hydrogen-bond acceptors (Lipinski definition) is 6. The third kappa shape index (κ3) is 2.37. The predicted molar refractivity (Wildman–Crippen MR) is 118 cm³/mol. The summed E-state index contributed by atoms with van der Waals surface area (Å²) in [7, 11) is 0. The number of esters is 1. The van der Waals surface area contributed by atoms with E-state index >= 15 is 0 Å². The van der Waals surface area contributed by atoms with Crippen molar-refractivity contribution < 1.29 is 24.5 Å². The fourth-order valence-corrected chi connectivity index (χ4v) is 4.72. The van der Waals surface area contributed by atoms with Crippen molar-refractivity contribution in [2.75, 3.05) is 5.73 Å². The van der Waals surface area contributed by atoms with Gasteiger partial charge in [0, 0.05) is 28.9 Å². The largest absolute Gasteiger partial charge is 0.508 e. The lowest BCUT2D eigenvalue weighted by atomic mass is 9.74. The number of anilines is 1. The Morgan fingerprint density at radius 1 is 0.750 bits per heavy atom. The zero-order chi connectivity index (χ0) is 22.0. The Balaban J connectivity index is 1.77. The third-order valence-corrected chi connectivity index (χ3v) is 5.97. The number of carbonyl (C=O) groups is 1. The van der Waals surface area contributed by atoms with Crippen molar-refractivity contribution in [3.05, 3.63) is 101 Å². The van der Waals surface area contributed by atoms with Crippen LogP contribution in [0.25, 0.3) is 11.1 Å². The molecule has 6 heteroatoms. The van der Waals surface area contributed by atoms with Crippen molar-refractivity contribution in [1.29, 1.82) is 0 Å². The highest BCUT2D eigenvalue weighted by atomic mass is 16.6. The van der Waals surface area contributed by atoms with Crippen LogP contribution in [0.2, 0.25) is 0 Å². The third-order valence-electron chi connectivity index (χ3n) is 5.97. The van der Waals surface area contributed by atoms with Gasteiger partial charge in [-0.25, -0.2) is 4.79 Å². The first-order valence-corrected chi connectivity index (χ1v) is 10.0. The minimum absolute atomic E-state index is 0.0103. The maximum atomic E-state index is 13.0. The SMILES string of the molecule is Nc1cccc(-c2cc(O)cc3c2C2(OC(=O)c4ccccc42)c2ccc(O)cc2O3)c1. The summed E-state index contributed by atoms with van der Waals surface area (Å²) >= 11 is 0. The first kappa shape index (κ1) is 18.3. The maximum Gasteiger partial charge on any atom is 0.340 e. The van der Waals surface area contributed by atoms with Gasteiger partial charge in [-0.05, 0) is 47.5 Å². The topological polar surface area (TPSA) is 102 Å². The minimum atomic E-state index is -1.32. The predicted octanol–water partition coefficient (Wildman–Crippen LogP) is 4.92. The maximum absolute atomic E-state index is 13.0. The molecule has 1 atom stereocenters. The second kappa shape index (κ2) is 6.28. The molecule has 2 aliphatic rings. The molecule has 2 heterocycles. The molecule has 0 aromatic heterocycles. The van der Waals surface area contributed by atoms with Gasteiger partial charge in [-0.2, -0.15) is 0 Å². The van der Waals surface area contributed by atoms with E-state index in [1.54, 1.807) is 36.4 Å². The molecule has 4 aromatic rings. The van der Waals surface area contributed by atoms with Crippen molar-refractivity contribution in [3.63, 3.8) is 0 Å². The number of rotatable bonds is 1. The number of phenols is 2. The highest BCUT2D eigenvalue weighted by Crippen LogP contribution is 2.59. The van der Waals surface area contributed by atoms with E-state index in [-0.39, 0.29) is 11.5 Å². The van der Waals surface area contributed by atoms with Crippen LogP contribution >= 0.6 is 0 Å². The van der Waals surface area contributed by atoms with Gasteiger partial charge in [0.15, 0.2) is 5.60 Å². The minimum Gasteiger partial charge on any atom is -0.508 e. The standard InChI is InChI=1S/C26H17NO5/c27-15-5-3-4-14(10-15)19-11-17(29)13-23-24(19)26(21-9-8-16(28)12-22(21)31-23)20-7-2-1-6-18(20)25(30)32-26/h1-13,28-29H,27H2. The molecular formula is C26H17NO5. The molecule has 32 heavy (non-hydrogen) atoms. The monoisotopic (exact) mass is 423 g/mol. The summed E-state index contributed by atoms with van der Waals surface area (Å²) in [6.45, 7) is 0. The summed E-state index contributed by atoms with van der Waals surface area (Å²) in [5.41, 5.74) is 8.91. The summed E-state index contributed by atoms with van der Waals surface area (Å²) in [6, 6.07) is 22.2. The summed E-state index contributed by atoms with van der Waals surface area (Å²) in [6.07, 6.45) is 0. The van der Waals surface area contributed by atoms with Crippen LogP contribution in [-0.2, 0) is 10.3 Å². The van der Waals surface area contributed by atoms with Crippen LogP contribution in [-0.4, -0.2) is 16.2 Å². The molecule has 4 N–H and O–H groups in total. The van der Waals surface area contributed by atoms with Crippen molar-refractivity contribution in [2.45, 2.75) is 5.60 Å². The highest BCUT2D eigenvalue weighted by Gasteiger charge is 2.54. The van der Waals surface area contributed by atoms with Crippen molar-refractivity contribution in [3.8, 4) is 34.1 Å². The fourth-order valence-electron chi connectivity index (χ4n) is 4.72. The molecule has 0 saturated carbocycles. The first-order chi connectivity index (χ1) is 15.5. The fraction of sp³-hybridized carbons (Fsp3) is 0.0385. The van der Waals surface area contributed by atoms with Gasteiger partial charge in [0.25, 0.3) is 0 Å². The number of nitrogens with two attached hydrogens (primary N) is 1. The number of benzene rings is 4. The second-order valence-corrected chi connectivity index (χ2v) is 7.89. The molecule has 6 rings (SSSR count). The molecular weight excluding hydrogens is 406 g/mol. The van der Waals surface area contributed by atoms with Crippen LogP contribution in [0, 0.1) is 0 Å². The van der Waals surface area contributed by atoms with Crippen LogP contribution in [0.1, 0.15) is 27.0 Å². The van der Waals surface area contributed by atoms with Crippen molar-refractivity contribution in [2.24, 2.45) is 0 Å². The number of fused-ring (bicyclic) bond motifs is 6. The zero-order valence-corrected chi connectivity index (χ0v) is 16.7. The van der Waals surface area contributed by atoms with E-state index in [1.165, 1.54) is 18.2 Å². The molecule has 0 saturated heterocycles. The molecule has 0 radical (unpaired) electrons. The van der Waals surface area contributed by atoms with E-state index in [2.05, 4.69) is 0 Å². The van der Waals surface area contributed by atoms with Crippen LogP contribution in [0.15, 0.2) is 78.9 Å². The molecule has 4 aromatic carbocycles. The van der Waals surface area contributed by atoms with Gasteiger partial charge in [-0.15, -0.1) is 0 Å². The van der Waals surface area contributed by atoms with Gasteiger partial charge in [0.05, 0.1) is 11.1 Å². The van der Waals surface area contributed by atoms with E-state index in [9.17, 15) is 15.0 Å². The molecule has 156 valence electrons. The Hall–Kier alpha value is -4.45. The number of phenolic OH excluding ortho intramolecular Hbond substituents is 2. The van der Waals surface area contributed by atoms with Gasteiger partial charge in [0.1, 0.15) is 23.0 Å². The van der Waals surface area contributed by atoms with Gasteiger partial charge in [-0.1, -0.05) is 30.3 Å². The highest BCUT2D eigenvalue weighted by molar-refractivity contribution is 5.98. The smallest absolute Gasteiger partial charge is 0.340 e. The molecule has 0 bridgehead atoms. The Labute approximate surface area is 183 Å². The average molecular weight is 423 g/mol. The first-order valence-electron chi connectivity index (χ1n) is 10.0. The van der Waals surface area contributed by atoms with E-state index in [4.69, 9.17) is 15.2 Å². The molecule has 0 aliphatic carbocycles. The Morgan fingerprint density at radius 3 is 2.41 bits per heavy atom. The molecule has 6 nitrogen and oxygen atoms in total. The van der Waals surface area contributed by atoms with Gasteiger partial charge in [-0.3, -0.25) is 0 Å².